The number of carbonyl (C=O) groups excluding carboxylic acids is 2. The van der Waals surface area contributed by atoms with Crippen molar-refractivity contribution in [2.24, 2.45) is 0 Å². The van der Waals surface area contributed by atoms with Crippen LogP contribution in [0.3, 0.4) is 0 Å². The first kappa shape index (κ1) is 19.8. The highest BCUT2D eigenvalue weighted by Gasteiger charge is 2.23. The van der Waals surface area contributed by atoms with Gasteiger partial charge in [-0.25, -0.2) is 4.79 Å². The molecule has 0 saturated carbocycles. The second kappa shape index (κ2) is 8.08. The van der Waals surface area contributed by atoms with Crippen LogP contribution in [0.4, 0.5) is 4.79 Å². The molecule has 2 heterocycles. The molecule has 1 aromatic heterocycles. The van der Waals surface area contributed by atoms with Crippen molar-refractivity contribution in [2.45, 2.75) is 20.5 Å². The Bertz CT molecular complexity index is 1150. The third-order valence-electron chi connectivity index (χ3n) is 4.90. The molecule has 7 heteroatoms. The number of carbonyl (C=O) groups is 2. The molecule has 6 nitrogen and oxygen atoms in total. The second-order valence-electron chi connectivity index (χ2n) is 7.04. The van der Waals surface area contributed by atoms with Gasteiger partial charge in [-0.2, -0.15) is 0 Å². The van der Waals surface area contributed by atoms with Crippen molar-refractivity contribution in [1.82, 2.24) is 15.2 Å². The number of aromatic nitrogens is 1. The highest BCUT2D eigenvalue weighted by Crippen LogP contribution is 2.25. The number of aryl methyl sites for hydroxylation is 1. The minimum atomic E-state index is -0.505. The van der Waals surface area contributed by atoms with Crippen LogP contribution in [-0.2, 0) is 11.4 Å². The molecule has 2 aromatic carbocycles. The lowest BCUT2D eigenvalue weighted by molar-refractivity contribution is -0.115. The van der Waals surface area contributed by atoms with E-state index in [9.17, 15) is 9.59 Å². The van der Waals surface area contributed by atoms with Crippen LogP contribution in [0, 0.1) is 13.8 Å². The van der Waals surface area contributed by atoms with Gasteiger partial charge < -0.3 is 14.6 Å². The van der Waals surface area contributed by atoms with Gasteiger partial charge in [-0.05, 0) is 73.5 Å². The maximum absolute atomic E-state index is 11.8. The van der Waals surface area contributed by atoms with E-state index in [2.05, 4.69) is 15.2 Å². The number of halogens is 1. The Balaban J connectivity index is 1.52. The molecule has 1 saturated heterocycles. The van der Waals surface area contributed by atoms with Gasteiger partial charge in [-0.3, -0.25) is 10.1 Å². The van der Waals surface area contributed by atoms with E-state index in [1.54, 1.807) is 6.08 Å². The summed E-state index contributed by atoms with van der Waals surface area (Å²) in [6, 6.07) is 16.8. The molecule has 1 aliphatic rings. The summed E-state index contributed by atoms with van der Waals surface area (Å²) in [5, 5.41) is 5.42. The Morgan fingerprint density at radius 1 is 1.00 bits per heavy atom. The smallest absolute Gasteiger partial charge is 0.326 e. The SMILES string of the molecule is Cc1cc(/C=C2/NC(=O)NC2=O)c(C)n1-c1ccc(OCc2ccc(Cl)cc2)cc1. The summed E-state index contributed by atoms with van der Waals surface area (Å²) in [6.07, 6.45) is 1.68. The number of amides is 3. The molecule has 30 heavy (non-hydrogen) atoms. The van der Waals surface area contributed by atoms with Crippen molar-refractivity contribution < 1.29 is 14.3 Å². The summed E-state index contributed by atoms with van der Waals surface area (Å²) >= 11 is 5.91. The zero-order valence-electron chi connectivity index (χ0n) is 16.5. The Kier molecular flexibility index (Phi) is 5.33. The molecule has 0 spiro atoms. The largest absolute Gasteiger partial charge is 0.489 e. The van der Waals surface area contributed by atoms with Crippen molar-refractivity contribution in [1.29, 1.82) is 0 Å². The Hall–Kier alpha value is -3.51. The molecule has 3 aromatic rings. The van der Waals surface area contributed by atoms with Crippen molar-refractivity contribution in [3.63, 3.8) is 0 Å². The minimum Gasteiger partial charge on any atom is -0.489 e. The van der Waals surface area contributed by atoms with E-state index in [1.165, 1.54) is 0 Å². The Labute approximate surface area is 179 Å². The lowest BCUT2D eigenvalue weighted by Gasteiger charge is -2.11. The highest BCUT2D eigenvalue weighted by molar-refractivity contribution is 6.30. The average Bonchev–Trinajstić information content (AvgIpc) is 3.19. The fraction of sp³-hybridized carbons (Fsp3) is 0.130. The van der Waals surface area contributed by atoms with E-state index >= 15 is 0 Å². The van der Waals surface area contributed by atoms with Crippen LogP contribution in [0.2, 0.25) is 5.02 Å². The summed E-state index contributed by atoms with van der Waals surface area (Å²) < 4.78 is 7.94. The van der Waals surface area contributed by atoms with Crippen LogP contribution in [0.25, 0.3) is 11.8 Å². The predicted octanol–water partition coefficient (Wildman–Crippen LogP) is 4.51. The molecule has 0 bridgehead atoms. The monoisotopic (exact) mass is 421 g/mol. The topological polar surface area (TPSA) is 72.4 Å². The normalized spacial score (nSPS) is 14.7. The molecule has 1 fully saturated rings. The van der Waals surface area contributed by atoms with Crippen LogP contribution >= 0.6 is 11.6 Å². The van der Waals surface area contributed by atoms with Crippen molar-refractivity contribution in [3.8, 4) is 11.4 Å². The first-order chi connectivity index (χ1) is 14.4. The number of rotatable bonds is 5. The van der Waals surface area contributed by atoms with Gasteiger partial charge in [-0.1, -0.05) is 23.7 Å². The number of nitrogens with one attached hydrogen (secondary N) is 2. The van der Waals surface area contributed by atoms with Gasteiger partial charge in [0.05, 0.1) is 0 Å². The zero-order valence-corrected chi connectivity index (χ0v) is 17.3. The van der Waals surface area contributed by atoms with Crippen molar-refractivity contribution >= 4 is 29.6 Å². The third-order valence-corrected chi connectivity index (χ3v) is 5.16. The third kappa shape index (κ3) is 4.09. The summed E-state index contributed by atoms with van der Waals surface area (Å²) in [5.41, 5.74) is 5.10. The van der Waals surface area contributed by atoms with Crippen LogP contribution in [-0.4, -0.2) is 16.5 Å². The summed E-state index contributed by atoms with van der Waals surface area (Å²) in [6.45, 7) is 4.43. The first-order valence-corrected chi connectivity index (χ1v) is 9.79. The van der Waals surface area contributed by atoms with Crippen LogP contribution in [0.15, 0.2) is 60.3 Å². The van der Waals surface area contributed by atoms with E-state index in [0.717, 1.165) is 34.0 Å². The van der Waals surface area contributed by atoms with Crippen LogP contribution in [0.5, 0.6) is 5.75 Å². The van der Waals surface area contributed by atoms with E-state index in [4.69, 9.17) is 16.3 Å². The van der Waals surface area contributed by atoms with E-state index in [1.807, 2.05) is 68.4 Å². The molecule has 1 aliphatic heterocycles. The number of hydrogen-bond donors (Lipinski definition) is 2. The van der Waals surface area contributed by atoms with E-state index in [-0.39, 0.29) is 5.70 Å². The van der Waals surface area contributed by atoms with Gasteiger partial charge >= 0.3 is 6.03 Å². The number of hydrogen-bond acceptors (Lipinski definition) is 3. The molecule has 0 radical (unpaired) electrons. The van der Waals surface area contributed by atoms with Crippen molar-refractivity contribution in [2.75, 3.05) is 0 Å². The van der Waals surface area contributed by atoms with E-state index < -0.39 is 11.9 Å². The maximum Gasteiger partial charge on any atom is 0.326 e. The Morgan fingerprint density at radius 2 is 1.70 bits per heavy atom. The highest BCUT2D eigenvalue weighted by atomic mass is 35.5. The van der Waals surface area contributed by atoms with E-state index in [0.29, 0.717) is 11.6 Å². The van der Waals surface area contributed by atoms with Gasteiger partial charge in [-0.15, -0.1) is 0 Å². The van der Waals surface area contributed by atoms with Crippen LogP contribution < -0.4 is 15.4 Å². The lowest BCUT2D eigenvalue weighted by atomic mass is 10.2. The molecule has 152 valence electrons. The number of urea groups is 1. The van der Waals surface area contributed by atoms with Gasteiger partial charge in [0.15, 0.2) is 0 Å². The standard InChI is InChI=1S/C23H20ClN3O3/c1-14-11-17(12-21-22(28)26-23(29)25-21)15(2)27(14)19-7-9-20(10-8-19)30-13-16-3-5-18(24)6-4-16/h3-12H,13H2,1-2H3,(H2,25,26,28,29)/b21-12+. The number of ether oxygens (including phenoxy) is 1. The number of nitrogens with zero attached hydrogens (tertiary/aromatic N) is 1. The molecule has 2 N–H and O–H groups in total. The summed E-state index contributed by atoms with van der Waals surface area (Å²) in [4.78, 5) is 23.1. The molecule has 3 amide bonds. The van der Waals surface area contributed by atoms with Gasteiger partial charge in [0, 0.05) is 22.1 Å². The number of imide groups is 1. The summed E-state index contributed by atoms with van der Waals surface area (Å²) in [7, 11) is 0. The van der Waals surface area contributed by atoms with Gasteiger partial charge in [0.1, 0.15) is 18.1 Å². The van der Waals surface area contributed by atoms with Gasteiger partial charge in [0.2, 0.25) is 0 Å². The molecule has 0 atom stereocenters. The molecular formula is C23H20ClN3O3. The average molecular weight is 422 g/mol. The van der Waals surface area contributed by atoms with Crippen LogP contribution in [0.1, 0.15) is 22.5 Å². The number of benzene rings is 2. The first-order valence-electron chi connectivity index (χ1n) is 9.41. The predicted molar refractivity (Wildman–Crippen MR) is 116 cm³/mol. The van der Waals surface area contributed by atoms with Crippen molar-refractivity contribution in [3.05, 3.63) is 87.8 Å². The quantitative estimate of drug-likeness (QED) is 0.470. The minimum absolute atomic E-state index is 0.242. The molecule has 0 aliphatic carbocycles. The van der Waals surface area contributed by atoms with Gasteiger partial charge in [0.25, 0.3) is 5.91 Å². The second-order valence-corrected chi connectivity index (χ2v) is 7.47. The maximum atomic E-state index is 11.8. The fourth-order valence-corrected chi connectivity index (χ4v) is 3.53. The molecular weight excluding hydrogens is 402 g/mol. The summed E-state index contributed by atoms with van der Waals surface area (Å²) in [5.74, 6) is 0.343. The Morgan fingerprint density at radius 3 is 2.33 bits per heavy atom. The fourth-order valence-electron chi connectivity index (χ4n) is 3.41. The zero-order chi connectivity index (χ0) is 21.3. The molecule has 4 rings (SSSR count). The molecule has 0 unspecified atom stereocenters. The lowest BCUT2D eigenvalue weighted by Crippen LogP contribution is -2.22.